The molecule has 2 aromatic carbocycles. The third-order valence-corrected chi connectivity index (χ3v) is 5.01. The van der Waals surface area contributed by atoms with Gasteiger partial charge in [0.05, 0.1) is 5.56 Å². The normalized spacial score (nSPS) is 16.7. The molecule has 0 saturated carbocycles. The number of rotatable bonds is 6. The average Bonchev–Trinajstić information content (AvgIpc) is 2.72. The average molecular weight is 365 g/mol. The Kier molecular flexibility index (Phi) is 6.01. The fourth-order valence-electron chi connectivity index (χ4n) is 3.60. The Morgan fingerprint density at radius 2 is 1.63 bits per heavy atom. The van der Waals surface area contributed by atoms with Crippen molar-refractivity contribution in [3.05, 3.63) is 71.3 Å². The van der Waals surface area contributed by atoms with Gasteiger partial charge < -0.3 is 10.0 Å². The number of nitrogens with zero attached hydrogens (tertiary/aromatic N) is 1. The van der Waals surface area contributed by atoms with Crippen molar-refractivity contribution in [3.8, 4) is 0 Å². The summed E-state index contributed by atoms with van der Waals surface area (Å²) in [6.45, 7) is 1.18. The molecule has 1 atom stereocenters. The number of ketones is 1. The lowest BCUT2D eigenvalue weighted by Gasteiger charge is -2.33. The highest BCUT2D eigenvalue weighted by Gasteiger charge is 2.27. The summed E-state index contributed by atoms with van der Waals surface area (Å²) in [7, 11) is 0. The van der Waals surface area contributed by atoms with E-state index in [0.29, 0.717) is 36.2 Å². The fourth-order valence-corrected chi connectivity index (χ4v) is 3.60. The van der Waals surface area contributed by atoms with Crippen LogP contribution >= 0.6 is 0 Å². The lowest BCUT2D eigenvalue weighted by molar-refractivity contribution is -0.137. The smallest absolute Gasteiger partial charge is 0.303 e. The Morgan fingerprint density at radius 1 is 0.963 bits per heavy atom. The number of amides is 1. The number of benzene rings is 2. The van der Waals surface area contributed by atoms with E-state index in [-0.39, 0.29) is 24.0 Å². The number of hydrogen-bond acceptors (Lipinski definition) is 3. The lowest BCUT2D eigenvalue weighted by Crippen LogP contribution is -2.40. The zero-order chi connectivity index (χ0) is 19.2. The number of likely N-dealkylation sites (tertiary alicyclic amines) is 1. The maximum atomic E-state index is 13.1. The van der Waals surface area contributed by atoms with Gasteiger partial charge in [-0.3, -0.25) is 14.4 Å². The van der Waals surface area contributed by atoms with Gasteiger partial charge in [-0.1, -0.05) is 48.5 Å². The van der Waals surface area contributed by atoms with Crippen molar-refractivity contribution in [1.29, 1.82) is 0 Å². The maximum Gasteiger partial charge on any atom is 0.303 e. The molecule has 0 aromatic heterocycles. The van der Waals surface area contributed by atoms with Gasteiger partial charge in [-0.15, -0.1) is 0 Å². The molecule has 1 saturated heterocycles. The maximum absolute atomic E-state index is 13.1. The predicted molar refractivity (Wildman–Crippen MR) is 102 cm³/mol. The molecule has 5 nitrogen and oxygen atoms in total. The van der Waals surface area contributed by atoms with E-state index in [1.54, 1.807) is 53.4 Å². The molecule has 0 aliphatic carbocycles. The molecule has 1 aliphatic rings. The van der Waals surface area contributed by atoms with Gasteiger partial charge in [0.15, 0.2) is 5.78 Å². The molecule has 2 aromatic rings. The number of carbonyl (C=O) groups excluding carboxylic acids is 2. The second kappa shape index (κ2) is 8.62. The van der Waals surface area contributed by atoms with Crippen LogP contribution in [0.15, 0.2) is 54.6 Å². The van der Waals surface area contributed by atoms with Gasteiger partial charge >= 0.3 is 5.97 Å². The number of hydrogen-bond donors (Lipinski definition) is 1. The van der Waals surface area contributed by atoms with Crippen molar-refractivity contribution < 1.29 is 19.5 Å². The molecule has 0 radical (unpaired) electrons. The van der Waals surface area contributed by atoms with E-state index < -0.39 is 5.97 Å². The third-order valence-electron chi connectivity index (χ3n) is 5.01. The Balaban J connectivity index is 1.79. The second-order valence-electron chi connectivity index (χ2n) is 6.93. The van der Waals surface area contributed by atoms with Crippen LogP contribution in [0.3, 0.4) is 0 Å². The van der Waals surface area contributed by atoms with Crippen molar-refractivity contribution in [2.24, 2.45) is 5.92 Å². The van der Waals surface area contributed by atoms with E-state index in [4.69, 9.17) is 5.11 Å². The second-order valence-corrected chi connectivity index (χ2v) is 6.93. The van der Waals surface area contributed by atoms with E-state index in [2.05, 4.69) is 0 Å². The van der Waals surface area contributed by atoms with Crippen molar-refractivity contribution in [2.45, 2.75) is 25.7 Å². The van der Waals surface area contributed by atoms with Gasteiger partial charge in [0.25, 0.3) is 5.91 Å². The number of carboxylic acid groups (broad SMARTS) is 1. The highest BCUT2D eigenvalue weighted by atomic mass is 16.4. The number of aliphatic carboxylic acids is 1. The zero-order valence-corrected chi connectivity index (χ0v) is 15.1. The van der Waals surface area contributed by atoms with Crippen LogP contribution in [0.25, 0.3) is 0 Å². The summed E-state index contributed by atoms with van der Waals surface area (Å²) in [5.41, 5.74) is 1.36. The Hall–Kier alpha value is -2.95. The van der Waals surface area contributed by atoms with E-state index >= 15 is 0 Å². The Bertz CT molecular complexity index is 831. The van der Waals surface area contributed by atoms with Crippen LogP contribution in [0.2, 0.25) is 0 Å². The van der Waals surface area contributed by atoms with Gasteiger partial charge in [-0.05, 0) is 31.2 Å². The van der Waals surface area contributed by atoms with Crippen molar-refractivity contribution in [3.63, 3.8) is 0 Å². The molecule has 0 spiro atoms. The summed E-state index contributed by atoms with van der Waals surface area (Å²) in [5.74, 6) is -0.943. The van der Waals surface area contributed by atoms with Crippen molar-refractivity contribution in [2.75, 3.05) is 13.1 Å². The first-order valence-corrected chi connectivity index (χ1v) is 9.26. The van der Waals surface area contributed by atoms with E-state index in [9.17, 15) is 14.4 Å². The van der Waals surface area contributed by atoms with Gasteiger partial charge in [-0.2, -0.15) is 0 Å². The van der Waals surface area contributed by atoms with Crippen LogP contribution in [0.5, 0.6) is 0 Å². The number of carbonyl (C=O) groups is 3. The van der Waals surface area contributed by atoms with Crippen LogP contribution in [0.1, 0.15) is 52.0 Å². The molecule has 5 heteroatoms. The summed E-state index contributed by atoms with van der Waals surface area (Å²) in [6, 6.07) is 15.8. The molecular formula is C22H23NO4. The molecule has 1 amide bonds. The monoisotopic (exact) mass is 365 g/mol. The molecule has 1 heterocycles. The molecule has 3 rings (SSSR count). The zero-order valence-electron chi connectivity index (χ0n) is 15.1. The van der Waals surface area contributed by atoms with Gasteiger partial charge in [0.2, 0.25) is 0 Å². The lowest BCUT2D eigenvalue weighted by atomic mass is 9.92. The highest BCUT2D eigenvalue weighted by Crippen LogP contribution is 2.24. The van der Waals surface area contributed by atoms with E-state index in [1.165, 1.54) is 0 Å². The van der Waals surface area contributed by atoms with Crippen LogP contribution in [-0.4, -0.2) is 40.8 Å². The first-order valence-electron chi connectivity index (χ1n) is 9.26. The van der Waals surface area contributed by atoms with E-state index in [1.807, 2.05) is 6.07 Å². The highest BCUT2D eigenvalue weighted by molar-refractivity contribution is 6.15. The van der Waals surface area contributed by atoms with Crippen molar-refractivity contribution in [1.82, 2.24) is 4.90 Å². The van der Waals surface area contributed by atoms with Crippen molar-refractivity contribution >= 4 is 17.7 Å². The molecule has 140 valence electrons. The summed E-state index contributed by atoms with van der Waals surface area (Å²) in [6.07, 6.45) is 2.48. The molecule has 0 unspecified atom stereocenters. The minimum Gasteiger partial charge on any atom is -0.481 e. The Labute approximate surface area is 158 Å². The molecule has 0 bridgehead atoms. The van der Waals surface area contributed by atoms with E-state index in [0.717, 1.165) is 12.8 Å². The minimum absolute atomic E-state index is 0.121. The minimum atomic E-state index is -0.808. The number of piperidine rings is 1. The first kappa shape index (κ1) is 18.8. The summed E-state index contributed by atoms with van der Waals surface area (Å²) >= 11 is 0. The molecule has 1 fully saturated rings. The van der Waals surface area contributed by atoms with Crippen LogP contribution in [0, 0.1) is 5.92 Å². The summed E-state index contributed by atoms with van der Waals surface area (Å²) in [5, 5.41) is 8.88. The Morgan fingerprint density at radius 3 is 2.33 bits per heavy atom. The first-order chi connectivity index (χ1) is 13.1. The molecule has 1 aliphatic heterocycles. The standard InChI is InChI=1S/C22H23NO4/c24-20(25)13-12-16-7-6-14-23(15-16)22(27)19-11-5-4-10-18(19)21(26)17-8-2-1-3-9-17/h1-5,8-11,16H,6-7,12-15H2,(H,24,25)/t16-/m0/s1. The third kappa shape index (κ3) is 4.61. The topological polar surface area (TPSA) is 74.7 Å². The molecule has 1 N–H and O–H groups in total. The van der Waals surface area contributed by atoms with Crippen LogP contribution in [-0.2, 0) is 4.79 Å². The van der Waals surface area contributed by atoms with Crippen LogP contribution in [0.4, 0.5) is 0 Å². The summed E-state index contributed by atoms with van der Waals surface area (Å²) in [4.78, 5) is 38.5. The van der Waals surface area contributed by atoms with Gasteiger partial charge in [-0.25, -0.2) is 0 Å². The van der Waals surface area contributed by atoms with Crippen LogP contribution < -0.4 is 0 Å². The quantitative estimate of drug-likeness (QED) is 0.793. The molecule has 27 heavy (non-hydrogen) atoms. The predicted octanol–water partition coefficient (Wildman–Crippen LogP) is 3.63. The SMILES string of the molecule is O=C(O)CC[C@@H]1CCCN(C(=O)c2ccccc2C(=O)c2ccccc2)C1. The van der Waals surface area contributed by atoms with Gasteiger partial charge in [0.1, 0.15) is 0 Å². The summed E-state index contributed by atoms with van der Waals surface area (Å²) < 4.78 is 0. The largest absolute Gasteiger partial charge is 0.481 e. The fraction of sp³-hybridized carbons (Fsp3) is 0.318. The number of carboxylic acids is 1. The van der Waals surface area contributed by atoms with Gasteiger partial charge in [0, 0.05) is 30.6 Å². The molecular weight excluding hydrogens is 342 g/mol.